The number of amides is 2. The molecule has 0 saturated carbocycles. The molecule has 8 heteroatoms. The lowest BCUT2D eigenvalue weighted by Gasteiger charge is -2.44. The van der Waals surface area contributed by atoms with Crippen LogP contribution in [-0.4, -0.2) is 46.2 Å². The van der Waals surface area contributed by atoms with E-state index in [0.29, 0.717) is 21.7 Å². The second-order valence-corrected chi connectivity index (χ2v) is 8.47. The molecule has 0 fully saturated rings. The van der Waals surface area contributed by atoms with Gasteiger partial charge in [-0.15, -0.1) is 0 Å². The van der Waals surface area contributed by atoms with E-state index in [2.05, 4.69) is 5.48 Å². The molecular formula is C26H25ClN2O5. The number of halogens is 1. The van der Waals surface area contributed by atoms with Crippen LogP contribution < -0.4 is 5.48 Å². The van der Waals surface area contributed by atoms with Gasteiger partial charge in [0.15, 0.2) is 0 Å². The third-order valence-corrected chi connectivity index (χ3v) is 6.19. The van der Waals surface area contributed by atoms with Crippen molar-refractivity contribution < 1.29 is 24.6 Å². The van der Waals surface area contributed by atoms with Crippen molar-refractivity contribution in [3.8, 4) is 0 Å². The number of aliphatic hydroxyl groups is 2. The van der Waals surface area contributed by atoms with Crippen LogP contribution in [0.15, 0.2) is 78.9 Å². The molecule has 7 nitrogen and oxygen atoms in total. The summed E-state index contributed by atoms with van der Waals surface area (Å²) in [5, 5.41) is 20.4. The number of carbonyl (C=O) groups is 2. The van der Waals surface area contributed by atoms with Gasteiger partial charge in [0, 0.05) is 10.6 Å². The Bertz CT molecular complexity index is 1140. The Labute approximate surface area is 202 Å². The van der Waals surface area contributed by atoms with Crippen molar-refractivity contribution in [2.24, 2.45) is 0 Å². The molecule has 0 unspecified atom stereocenters. The number of nitrogens with one attached hydrogen (secondary N) is 1. The fourth-order valence-electron chi connectivity index (χ4n) is 4.31. The van der Waals surface area contributed by atoms with Crippen LogP contribution in [0.1, 0.15) is 39.0 Å². The van der Waals surface area contributed by atoms with E-state index in [1.54, 1.807) is 48.5 Å². The van der Waals surface area contributed by atoms with E-state index in [4.69, 9.17) is 16.4 Å². The second-order valence-electron chi connectivity index (χ2n) is 8.03. The van der Waals surface area contributed by atoms with Gasteiger partial charge in [0.2, 0.25) is 0 Å². The molecule has 1 aliphatic heterocycles. The largest absolute Gasteiger partial charge is 0.394 e. The van der Waals surface area contributed by atoms with Gasteiger partial charge in [0.25, 0.3) is 11.8 Å². The van der Waals surface area contributed by atoms with Gasteiger partial charge in [-0.25, -0.2) is 5.48 Å². The molecule has 3 N–H and O–H groups in total. The molecule has 1 aliphatic rings. The van der Waals surface area contributed by atoms with Crippen LogP contribution in [0, 0.1) is 0 Å². The molecule has 0 spiro atoms. The smallest absolute Gasteiger partial charge is 0.255 e. The van der Waals surface area contributed by atoms with Crippen molar-refractivity contribution >= 4 is 23.4 Å². The summed E-state index contributed by atoms with van der Waals surface area (Å²) in [5.41, 5.74) is 4.94. The first-order valence-electron chi connectivity index (χ1n) is 10.9. The zero-order chi connectivity index (χ0) is 24.1. The quantitative estimate of drug-likeness (QED) is 0.430. The van der Waals surface area contributed by atoms with Crippen molar-refractivity contribution in [2.75, 3.05) is 13.2 Å². The summed E-state index contributed by atoms with van der Waals surface area (Å²) >= 11 is 6.08. The van der Waals surface area contributed by atoms with Gasteiger partial charge in [-0.2, -0.15) is 0 Å². The lowest BCUT2D eigenvalue weighted by molar-refractivity contribution is -0.138. The minimum absolute atomic E-state index is 0.172. The number of hydrogen-bond acceptors (Lipinski definition) is 5. The number of aliphatic hydroxyl groups excluding tert-OH is 2. The van der Waals surface area contributed by atoms with Crippen LogP contribution in [0.4, 0.5) is 0 Å². The molecule has 0 saturated heterocycles. The SMILES string of the molecule is O=C(NOCc1ccccc1)[C@@H]1c2ccccc2C(=O)N(C(CO)CO)[C@H]1c1ccc(Cl)cc1. The molecule has 0 radical (unpaired) electrons. The summed E-state index contributed by atoms with van der Waals surface area (Å²) < 4.78 is 0. The normalized spacial score (nSPS) is 17.5. The highest BCUT2D eigenvalue weighted by molar-refractivity contribution is 6.30. The summed E-state index contributed by atoms with van der Waals surface area (Å²) in [7, 11) is 0. The number of nitrogens with zero attached hydrogens (tertiary/aromatic N) is 1. The fourth-order valence-corrected chi connectivity index (χ4v) is 4.44. The Morgan fingerprint density at radius 1 is 0.971 bits per heavy atom. The van der Waals surface area contributed by atoms with Gasteiger partial charge in [-0.1, -0.05) is 72.3 Å². The molecule has 0 bridgehead atoms. The van der Waals surface area contributed by atoms with Gasteiger partial charge >= 0.3 is 0 Å². The van der Waals surface area contributed by atoms with E-state index >= 15 is 0 Å². The molecule has 34 heavy (non-hydrogen) atoms. The molecule has 1 heterocycles. The maximum Gasteiger partial charge on any atom is 0.255 e. The maximum atomic E-state index is 13.5. The van der Waals surface area contributed by atoms with Gasteiger partial charge in [0.1, 0.15) is 0 Å². The van der Waals surface area contributed by atoms with Crippen LogP contribution in [0.25, 0.3) is 0 Å². The number of benzene rings is 3. The van der Waals surface area contributed by atoms with Crippen LogP contribution in [0.2, 0.25) is 5.02 Å². The average Bonchev–Trinajstić information content (AvgIpc) is 2.87. The lowest BCUT2D eigenvalue weighted by Crippen LogP contribution is -2.53. The van der Waals surface area contributed by atoms with Crippen molar-refractivity contribution in [3.63, 3.8) is 0 Å². The molecule has 176 valence electrons. The summed E-state index contributed by atoms with van der Waals surface area (Å²) in [5.74, 6) is -1.68. The Hall–Kier alpha value is -3.23. The van der Waals surface area contributed by atoms with Crippen LogP contribution in [0.3, 0.4) is 0 Å². The minimum Gasteiger partial charge on any atom is -0.394 e. The molecule has 0 aliphatic carbocycles. The van der Waals surface area contributed by atoms with E-state index in [1.807, 2.05) is 30.3 Å². The average molecular weight is 481 g/mol. The van der Waals surface area contributed by atoms with Crippen LogP contribution in [0.5, 0.6) is 0 Å². The van der Waals surface area contributed by atoms with E-state index < -0.39 is 37.1 Å². The number of fused-ring (bicyclic) bond motifs is 1. The second kappa shape index (κ2) is 10.8. The molecule has 2 amide bonds. The highest BCUT2D eigenvalue weighted by atomic mass is 35.5. The molecule has 0 aromatic heterocycles. The number of hydrogen-bond donors (Lipinski definition) is 3. The zero-order valence-electron chi connectivity index (χ0n) is 18.3. The Morgan fingerprint density at radius 2 is 1.62 bits per heavy atom. The predicted octanol–water partition coefficient (Wildman–Crippen LogP) is 3.22. The highest BCUT2D eigenvalue weighted by Crippen LogP contribution is 2.44. The van der Waals surface area contributed by atoms with E-state index in [-0.39, 0.29) is 12.5 Å². The third-order valence-electron chi connectivity index (χ3n) is 5.94. The summed E-state index contributed by atoms with van der Waals surface area (Å²) in [6, 6.07) is 21.4. The summed E-state index contributed by atoms with van der Waals surface area (Å²) in [6.45, 7) is -0.758. The maximum absolute atomic E-state index is 13.5. The fraction of sp³-hybridized carbons (Fsp3) is 0.231. The highest BCUT2D eigenvalue weighted by Gasteiger charge is 2.46. The van der Waals surface area contributed by atoms with Gasteiger partial charge in [-0.3, -0.25) is 14.4 Å². The van der Waals surface area contributed by atoms with Gasteiger partial charge in [-0.05, 0) is 34.9 Å². The van der Waals surface area contributed by atoms with E-state index in [9.17, 15) is 19.8 Å². The molecule has 3 aromatic rings. The molecule has 2 atom stereocenters. The molecule has 4 rings (SSSR count). The topological polar surface area (TPSA) is 99.1 Å². The first-order chi connectivity index (χ1) is 16.5. The predicted molar refractivity (Wildman–Crippen MR) is 127 cm³/mol. The Balaban J connectivity index is 1.74. The first kappa shape index (κ1) is 23.9. The van der Waals surface area contributed by atoms with E-state index in [1.165, 1.54) is 4.90 Å². The lowest BCUT2D eigenvalue weighted by atomic mass is 9.78. The van der Waals surface area contributed by atoms with Crippen molar-refractivity contribution in [1.29, 1.82) is 0 Å². The number of carbonyl (C=O) groups excluding carboxylic acids is 2. The van der Waals surface area contributed by atoms with Crippen LogP contribution in [-0.2, 0) is 16.2 Å². The van der Waals surface area contributed by atoms with Crippen LogP contribution >= 0.6 is 11.6 Å². The monoisotopic (exact) mass is 480 g/mol. The third kappa shape index (κ3) is 4.83. The minimum atomic E-state index is -0.901. The zero-order valence-corrected chi connectivity index (χ0v) is 19.1. The molecule has 3 aromatic carbocycles. The van der Waals surface area contributed by atoms with Crippen molar-refractivity contribution in [1.82, 2.24) is 10.4 Å². The number of hydroxylamine groups is 1. The number of rotatable bonds is 8. The standard InChI is InChI=1S/C26H25ClN2O5/c27-19-12-10-18(11-13-19)24-23(25(32)28-34-16-17-6-2-1-3-7-17)21-8-4-5-9-22(21)26(33)29(24)20(14-30)15-31/h1-13,20,23-24,30-31H,14-16H2,(H,28,32)/t23-,24+/m1/s1. The Morgan fingerprint density at radius 3 is 2.29 bits per heavy atom. The van der Waals surface area contributed by atoms with Gasteiger partial charge < -0.3 is 15.1 Å². The van der Waals surface area contributed by atoms with Crippen molar-refractivity contribution in [3.05, 3.63) is 106 Å². The Kier molecular flexibility index (Phi) is 7.59. The molecular weight excluding hydrogens is 456 g/mol. The summed E-state index contributed by atoms with van der Waals surface area (Å²) in [4.78, 5) is 33.9. The first-order valence-corrected chi connectivity index (χ1v) is 11.3. The van der Waals surface area contributed by atoms with E-state index in [0.717, 1.165) is 5.56 Å². The van der Waals surface area contributed by atoms with Gasteiger partial charge in [0.05, 0.1) is 37.8 Å². The van der Waals surface area contributed by atoms with Crippen molar-refractivity contribution in [2.45, 2.75) is 24.6 Å². The summed E-state index contributed by atoms with van der Waals surface area (Å²) in [6.07, 6.45) is 0.